The first-order valence-electron chi connectivity index (χ1n) is 9.43. The predicted octanol–water partition coefficient (Wildman–Crippen LogP) is 2.94. The van der Waals surface area contributed by atoms with Gasteiger partial charge in [-0.05, 0) is 45.4 Å². The van der Waals surface area contributed by atoms with Crippen LogP contribution in [0.1, 0.15) is 64.7 Å². The van der Waals surface area contributed by atoms with Crippen LogP contribution in [0.15, 0.2) is 0 Å². The highest BCUT2D eigenvalue weighted by Crippen LogP contribution is 2.53. The lowest BCUT2D eigenvalue weighted by Crippen LogP contribution is -2.66. The number of hydrogen-bond donors (Lipinski definition) is 1. The molecule has 1 spiro atoms. The van der Waals surface area contributed by atoms with Gasteiger partial charge in [-0.3, -0.25) is 4.90 Å². The van der Waals surface area contributed by atoms with Crippen molar-refractivity contribution in [1.82, 2.24) is 10.2 Å². The smallest absolute Gasteiger partial charge is 0.0661 e. The quantitative estimate of drug-likeness (QED) is 0.843. The molecule has 3 atom stereocenters. The first-order chi connectivity index (χ1) is 10.3. The van der Waals surface area contributed by atoms with Gasteiger partial charge in [0.2, 0.25) is 0 Å². The largest absolute Gasteiger partial charge is 0.378 e. The molecular formula is C18H32N2O. The summed E-state index contributed by atoms with van der Waals surface area (Å²) in [6, 6.07) is 2.42. The lowest BCUT2D eigenvalue weighted by molar-refractivity contribution is -0.151. The summed E-state index contributed by atoms with van der Waals surface area (Å²) in [6.07, 6.45) is 13.1. The minimum absolute atomic E-state index is 0.487. The Labute approximate surface area is 129 Å². The Morgan fingerprint density at radius 1 is 1.14 bits per heavy atom. The summed E-state index contributed by atoms with van der Waals surface area (Å²) in [5.41, 5.74) is 0.487. The molecule has 1 N–H and O–H groups in total. The van der Waals surface area contributed by atoms with Crippen LogP contribution in [0.3, 0.4) is 0 Å². The zero-order valence-corrected chi connectivity index (χ0v) is 13.7. The van der Waals surface area contributed by atoms with E-state index < -0.39 is 0 Å². The molecule has 0 bridgehead atoms. The van der Waals surface area contributed by atoms with Crippen molar-refractivity contribution in [3.05, 3.63) is 0 Å². The van der Waals surface area contributed by atoms with Gasteiger partial charge in [-0.25, -0.2) is 0 Å². The zero-order chi connectivity index (χ0) is 14.3. The normalized spacial score (nSPS) is 39.6. The maximum Gasteiger partial charge on any atom is 0.0661 e. The molecule has 3 heteroatoms. The molecule has 0 amide bonds. The molecule has 21 heavy (non-hydrogen) atoms. The van der Waals surface area contributed by atoms with Crippen molar-refractivity contribution in [2.24, 2.45) is 5.41 Å². The fourth-order valence-electron chi connectivity index (χ4n) is 5.28. The number of hydrogen-bond acceptors (Lipinski definition) is 3. The van der Waals surface area contributed by atoms with Crippen LogP contribution < -0.4 is 5.32 Å². The molecule has 1 heterocycles. The van der Waals surface area contributed by atoms with Crippen LogP contribution in [0.4, 0.5) is 0 Å². The number of nitrogens with one attached hydrogen (secondary N) is 1. The van der Waals surface area contributed by atoms with Gasteiger partial charge in [-0.1, -0.05) is 19.3 Å². The van der Waals surface area contributed by atoms with Gasteiger partial charge in [-0.15, -0.1) is 0 Å². The Morgan fingerprint density at radius 3 is 2.67 bits per heavy atom. The van der Waals surface area contributed by atoms with E-state index in [4.69, 9.17) is 4.74 Å². The predicted molar refractivity (Wildman–Crippen MR) is 85.5 cm³/mol. The van der Waals surface area contributed by atoms with Crippen LogP contribution in [-0.2, 0) is 4.74 Å². The van der Waals surface area contributed by atoms with E-state index in [1.165, 1.54) is 70.9 Å². The molecule has 0 aromatic heterocycles. The van der Waals surface area contributed by atoms with E-state index in [1.807, 2.05) is 0 Å². The molecule has 3 unspecified atom stereocenters. The summed E-state index contributed by atoms with van der Waals surface area (Å²) in [5.74, 6) is 0. The third-order valence-electron chi connectivity index (χ3n) is 6.66. The number of nitrogens with zero attached hydrogens (tertiary/aromatic N) is 1. The third-order valence-corrected chi connectivity index (χ3v) is 6.66. The summed E-state index contributed by atoms with van der Waals surface area (Å²) in [7, 11) is 0. The van der Waals surface area contributed by atoms with Gasteiger partial charge in [0.05, 0.1) is 6.10 Å². The van der Waals surface area contributed by atoms with Crippen LogP contribution in [-0.4, -0.2) is 48.8 Å². The van der Waals surface area contributed by atoms with Crippen LogP contribution in [0.25, 0.3) is 0 Å². The fourth-order valence-corrected chi connectivity index (χ4v) is 5.28. The van der Waals surface area contributed by atoms with Gasteiger partial charge in [0.15, 0.2) is 0 Å². The minimum Gasteiger partial charge on any atom is -0.378 e. The monoisotopic (exact) mass is 292 g/mol. The van der Waals surface area contributed by atoms with E-state index in [9.17, 15) is 0 Å². The SMILES string of the molecule is CCOC1CC(NC2CCN(C3CC3)C2)C12CCCCC2. The molecule has 1 aliphatic heterocycles. The van der Waals surface area contributed by atoms with Crippen LogP contribution in [0.2, 0.25) is 0 Å². The first-order valence-corrected chi connectivity index (χ1v) is 9.43. The molecule has 4 rings (SSSR count). The number of likely N-dealkylation sites (tertiary alicyclic amines) is 1. The Hall–Kier alpha value is -0.120. The van der Waals surface area contributed by atoms with E-state index in [0.29, 0.717) is 11.5 Å². The number of rotatable bonds is 5. The van der Waals surface area contributed by atoms with Crippen molar-refractivity contribution in [1.29, 1.82) is 0 Å². The van der Waals surface area contributed by atoms with Gasteiger partial charge >= 0.3 is 0 Å². The first kappa shape index (κ1) is 14.5. The second-order valence-electron chi connectivity index (χ2n) is 7.90. The molecule has 3 saturated carbocycles. The summed E-state index contributed by atoms with van der Waals surface area (Å²) in [4.78, 5) is 2.73. The highest BCUT2D eigenvalue weighted by molar-refractivity contribution is 5.10. The summed E-state index contributed by atoms with van der Waals surface area (Å²) >= 11 is 0. The van der Waals surface area contributed by atoms with E-state index >= 15 is 0 Å². The summed E-state index contributed by atoms with van der Waals surface area (Å²) in [6.45, 7) is 5.67. The maximum absolute atomic E-state index is 6.08. The Balaban J connectivity index is 1.36. The van der Waals surface area contributed by atoms with Crippen molar-refractivity contribution in [2.75, 3.05) is 19.7 Å². The standard InChI is InChI=1S/C18H32N2O/c1-2-21-17-12-16(18(17)9-4-3-5-10-18)19-14-8-11-20(13-14)15-6-7-15/h14-17,19H,2-13H2,1H3. The second-order valence-corrected chi connectivity index (χ2v) is 7.90. The van der Waals surface area contributed by atoms with E-state index in [2.05, 4.69) is 17.1 Å². The van der Waals surface area contributed by atoms with Crippen LogP contribution >= 0.6 is 0 Å². The third kappa shape index (κ3) is 2.66. The van der Waals surface area contributed by atoms with Crippen molar-refractivity contribution in [3.8, 4) is 0 Å². The molecule has 0 aromatic rings. The highest BCUT2D eigenvalue weighted by atomic mass is 16.5. The lowest BCUT2D eigenvalue weighted by Gasteiger charge is -2.58. The topological polar surface area (TPSA) is 24.5 Å². The van der Waals surface area contributed by atoms with Crippen LogP contribution in [0.5, 0.6) is 0 Å². The number of ether oxygens (including phenoxy) is 1. The van der Waals surface area contributed by atoms with E-state index in [1.54, 1.807) is 0 Å². The summed E-state index contributed by atoms with van der Waals surface area (Å²) < 4.78 is 6.08. The average molecular weight is 292 g/mol. The molecule has 0 aromatic carbocycles. The fraction of sp³-hybridized carbons (Fsp3) is 1.00. The Morgan fingerprint density at radius 2 is 1.95 bits per heavy atom. The highest BCUT2D eigenvalue weighted by Gasteiger charge is 2.56. The molecule has 120 valence electrons. The maximum atomic E-state index is 6.08. The van der Waals surface area contributed by atoms with E-state index in [-0.39, 0.29) is 0 Å². The Bertz CT molecular complexity index is 362. The van der Waals surface area contributed by atoms with Crippen LogP contribution in [0, 0.1) is 5.41 Å². The van der Waals surface area contributed by atoms with Gasteiger partial charge in [0.25, 0.3) is 0 Å². The molecule has 3 aliphatic carbocycles. The second kappa shape index (κ2) is 5.82. The lowest BCUT2D eigenvalue weighted by atomic mass is 9.55. The van der Waals surface area contributed by atoms with Crippen molar-refractivity contribution in [2.45, 2.75) is 88.9 Å². The van der Waals surface area contributed by atoms with Crippen molar-refractivity contribution in [3.63, 3.8) is 0 Å². The van der Waals surface area contributed by atoms with Crippen molar-refractivity contribution >= 4 is 0 Å². The van der Waals surface area contributed by atoms with Gasteiger partial charge in [-0.2, -0.15) is 0 Å². The zero-order valence-electron chi connectivity index (χ0n) is 13.7. The summed E-state index contributed by atoms with van der Waals surface area (Å²) in [5, 5.41) is 4.06. The minimum atomic E-state index is 0.487. The molecule has 4 fully saturated rings. The van der Waals surface area contributed by atoms with Gasteiger partial charge in [0.1, 0.15) is 0 Å². The van der Waals surface area contributed by atoms with E-state index in [0.717, 1.165) is 24.7 Å². The Kier molecular flexibility index (Phi) is 4.01. The van der Waals surface area contributed by atoms with Crippen molar-refractivity contribution < 1.29 is 4.74 Å². The molecule has 1 saturated heterocycles. The molecule has 0 radical (unpaired) electrons. The van der Waals surface area contributed by atoms with Gasteiger partial charge in [0, 0.05) is 43.2 Å². The molecular weight excluding hydrogens is 260 g/mol. The molecule has 4 aliphatic rings. The average Bonchev–Trinajstić information content (AvgIpc) is 3.27. The van der Waals surface area contributed by atoms with Gasteiger partial charge < -0.3 is 10.1 Å². The molecule has 3 nitrogen and oxygen atoms in total.